The minimum atomic E-state index is -0.945. The summed E-state index contributed by atoms with van der Waals surface area (Å²) in [4.78, 5) is 22.9. The molecule has 0 aliphatic heterocycles. The Kier molecular flexibility index (Phi) is 5.13. The fourth-order valence-corrected chi connectivity index (χ4v) is 3.12. The molecule has 0 spiro atoms. The Morgan fingerprint density at radius 2 is 2.05 bits per heavy atom. The standard InChI is InChI=1S/C14H12INO3S/c15-12-7-10(8-20-12)13(17)16-6-5-9-3-1-2-4-11(9)14(18)19/h1-4,7-8H,5-6H2,(H,16,17)(H,18,19). The molecular weight excluding hydrogens is 389 g/mol. The second-order valence-corrected chi connectivity index (χ2v) is 6.91. The minimum Gasteiger partial charge on any atom is -0.478 e. The average Bonchev–Trinajstić information content (AvgIpc) is 2.86. The highest BCUT2D eigenvalue weighted by atomic mass is 127. The molecule has 20 heavy (non-hydrogen) atoms. The zero-order valence-electron chi connectivity index (χ0n) is 10.4. The normalized spacial score (nSPS) is 10.2. The van der Waals surface area contributed by atoms with E-state index < -0.39 is 5.97 Å². The molecule has 6 heteroatoms. The molecule has 1 aromatic carbocycles. The highest BCUT2D eigenvalue weighted by Crippen LogP contribution is 2.16. The van der Waals surface area contributed by atoms with Gasteiger partial charge in [-0.2, -0.15) is 0 Å². The van der Waals surface area contributed by atoms with Gasteiger partial charge in [-0.15, -0.1) is 11.3 Å². The van der Waals surface area contributed by atoms with E-state index in [4.69, 9.17) is 5.11 Å². The van der Waals surface area contributed by atoms with Crippen LogP contribution in [0.2, 0.25) is 0 Å². The number of halogens is 1. The van der Waals surface area contributed by atoms with E-state index in [0.717, 1.165) is 8.45 Å². The average molecular weight is 401 g/mol. The smallest absolute Gasteiger partial charge is 0.335 e. The van der Waals surface area contributed by atoms with E-state index >= 15 is 0 Å². The fraction of sp³-hybridized carbons (Fsp3) is 0.143. The number of carbonyl (C=O) groups excluding carboxylic acids is 1. The number of aromatic carboxylic acids is 1. The molecule has 0 atom stereocenters. The molecule has 1 aromatic heterocycles. The van der Waals surface area contributed by atoms with E-state index in [9.17, 15) is 9.59 Å². The number of benzene rings is 1. The Morgan fingerprint density at radius 3 is 2.70 bits per heavy atom. The number of carboxylic acids is 1. The van der Waals surface area contributed by atoms with Gasteiger partial charge < -0.3 is 10.4 Å². The van der Waals surface area contributed by atoms with Crippen molar-refractivity contribution in [1.29, 1.82) is 0 Å². The molecule has 0 saturated heterocycles. The van der Waals surface area contributed by atoms with Crippen LogP contribution < -0.4 is 5.32 Å². The van der Waals surface area contributed by atoms with Crippen molar-refractivity contribution in [2.24, 2.45) is 0 Å². The number of nitrogens with one attached hydrogen (secondary N) is 1. The maximum absolute atomic E-state index is 11.8. The van der Waals surface area contributed by atoms with Gasteiger partial charge in [0.2, 0.25) is 0 Å². The zero-order chi connectivity index (χ0) is 14.5. The van der Waals surface area contributed by atoms with E-state index in [1.54, 1.807) is 24.3 Å². The van der Waals surface area contributed by atoms with Gasteiger partial charge >= 0.3 is 5.97 Å². The molecule has 0 saturated carbocycles. The summed E-state index contributed by atoms with van der Waals surface area (Å²) in [5.41, 5.74) is 1.65. The molecule has 0 fully saturated rings. The Balaban J connectivity index is 1.93. The summed E-state index contributed by atoms with van der Waals surface area (Å²) in [5.74, 6) is -1.07. The highest BCUT2D eigenvalue weighted by molar-refractivity contribution is 14.1. The summed E-state index contributed by atoms with van der Waals surface area (Å²) in [7, 11) is 0. The Morgan fingerprint density at radius 1 is 1.30 bits per heavy atom. The summed E-state index contributed by atoms with van der Waals surface area (Å²) in [6.07, 6.45) is 0.495. The minimum absolute atomic E-state index is 0.128. The van der Waals surface area contributed by atoms with Gasteiger partial charge in [0.15, 0.2) is 0 Å². The van der Waals surface area contributed by atoms with Gasteiger partial charge in [-0.1, -0.05) is 18.2 Å². The van der Waals surface area contributed by atoms with Crippen LogP contribution >= 0.6 is 33.9 Å². The Bertz CT molecular complexity index is 639. The summed E-state index contributed by atoms with van der Waals surface area (Å²) < 4.78 is 1.06. The van der Waals surface area contributed by atoms with Gasteiger partial charge in [0.25, 0.3) is 5.91 Å². The predicted molar refractivity (Wildman–Crippen MR) is 86.5 cm³/mol. The highest BCUT2D eigenvalue weighted by Gasteiger charge is 2.10. The molecule has 0 bridgehead atoms. The molecule has 0 radical (unpaired) electrons. The SMILES string of the molecule is O=C(NCCc1ccccc1C(=O)O)c1csc(I)c1. The summed E-state index contributed by atoms with van der Waals surface area (Å²) in [6.45, 7) is 0.412. The van der Waals surface area contributed by atoms with Crippen molar-refractivity contribution in [3.63, 3.8) is 0 Å². The van der Waals surface area contributed by atoms with Crippen LogP contribution in [-0.4, -0.2) is 23.5 Å². The number of amides is 1. The van der Waals surface area contributed by atoms with Crippen molar-refractivity contribution in [3.05, 3.63) is 55.3 Å². The summed E-state index contributed by atoms with van der Waals surface area (Å²) >= 11 is 3.68. The van der Waals surface area contributed by atoms with Crippen LogP contribution in [-0.2, 0) is 6.42 Å². The molecular formula is C14H12INO3S. The molecule has 1 heterocycles. The van der Waals surface area contributed by atoms with Crippen LogP contribution in [0.5, 0.6) is 0 Å². The molecule has 2 aromatic rings. The fourth-order valence-electron chi connectivity index (χ4n) is 1.79. The molecule has 104 valence electrons. The molecule has 0 unspecified atom stereocenters. The van der Waals surface area contributed by atoms with Gasteiger partial charge in [0.05, 0.1) is 14.0 Å². The molecule has 2 rings (SSSR count). The number of hydrogen-bond donors (Lipinski definition) is 2. The molecule has 2 N–H and O–H groups in total. The lowest BCUT2D eigenvalue weighted by Gasteiger charge is -2.07. The first kappa shape index (κ1) is 15.0. The Hall–Kier alpha value is -1.41. The second-order valence-electron chi connectivity index (χ2n) is 4.11. The molecule has 0 aliphatic carbocycles. The quantitative estimate of drug-likeness (QED) is 0.758. The maximum atomic E-state index is 11.8. The first-order valence-electron chi connectivity index (χ1n) is 5.91. The van der Waals surface area contributed by atoms with E-state index in [-0.39, 0.29) is 11.5 Å². The second kappa shape index (κ2) is 6.85. The van der Waals surface area contributed by atoms with Crippen LogP contribution in [0.3, 0.4) is 0 Å². The monoisotopic (exact) mass is 401 g/mol. The van der Waals surface area contributed by atoms with Crippen LogP contribution in [0, 0.1) is 2.88 Å². The number of carbonyl (C=O) groups is 2. The van der Waals surface area contributed by atoms with E-state index in [1.165, 1.54) is 11.3 Å². The van der Waals surface area contributed by atoms with Crippen LogP contribution in [0.25, 0.3) is 0 Å². The maximum Gasteiger partial charge on any atom is 0.335 e. The molecule has 4 nitrogen and oxygen atoms in total. The first-order valence-corrected chi connectivity index (χ1v) is 7.87. The number of hydrogen-bond acceptors (Lipinski definition) is 3. The third-order valence-electron chi connectivity index (χ3n) is 2.76. The van der Waals surface area contributed by atoms with Gasteiger partial charge in [-0.05, 0) is 46.7 Å². The van der Waals surface area contributed by atoms with E-state index in [0.29, 0.717) is 18.5 Å². The molecule has 1 amide bonds. The number of carboxylic acid groups (broad SMARTS) is 1. The summed E-state index contributed by atoms with van der Waals surface area (Å²) in [5, 5.41) is 13.7. The van der Waals surface area contributed by atoms with Crippen molar-refractivity contribution in [3.8, 4) is 0 Å². The van der Waals surface area contributed by atoms with Gasteiger partial charge in [-0.3, -0.25) is 4.79 Å². The predicted octanol–water partition coefficient (Wildman–Crippen LogP) is 3.02. The topological polar surface area (TPSA) is 66.4 Å². The largest absolute Gasteiger partial charge is 0.478 e. The summed E-state index contributed by atoms with van der Waals surface area (Å²) in [6, 6.07) is 8.65. The van der Waals surface area contributed by atoms with Crippen LogP contribution in [0.4, 0.5) is 0 Å². The lowest BCUT2D eigenvalue weighted by molar-refractivity contribution is 0.0695. The van der Waals surface area contributed by atoms with Crippen molar-refractivity contribution in [2.45, 2.75) is 6.42 Å². The van der Waals surface area contributed by atoms with Crippen LogP contribution in [0.1, 0.15) is 26.3 Å². The lowest BCUT2D eigenvalue weighted by atomic mass is 10.0. The first-order chi connectivity index (χ1) is 9.58. The van der Waals surface area contributed by atoms with Gasteiger partial charge in [0.1, 0.15) is 0 Å². The van der Waals surface area contributed by atoms with Crippen molar-refractivity contribution in [1.82, 2.24) is 5.32 Å². The lowest BCUT2D eigenvalue weighted by Crippen LogP contribution is -2.25. The van der Waals surface area contributed by atoms with Gasteiger partial charge in [0, 0.05) is 11.9 Å². The van der Waals surface area contributed by atoms with Crippen molar-refractivity contribution >= 4 is 45.8 Å². The van der Waals surface area contributed by atoms with Crippen LogP contribution in [0.15, 0.2) is 35.7 Å². The number of thiophene rings is 1. The van der Waals surface area contributed by atoms with E-state index in [1.807, 2.05) is 11.4 Å². The number of rotatable bonds is 5. The zero-order valence-corrected chi connectivity index (χ0v) is 13.4. The van der Waals surface area contributed by atoms with E-state index in [2.05, 4.69) is 27.9 Å². The third-order valence-corrected chi connectivity index (χ3v) is 4.55. The third kappa shape index (κ3) is 3.80. The van der Waals surface area contributed by atoms with Gasteiger partial charge in [-0.25, -0.2) is 4.79 Å². The Labute approximate surface area is 134 Å². The van der Waals surface area contributed by atoms with Crippen molar-refractivity contribution in [2.75, 3.05) is 6.54 Å². The van der Waals surface area contributed by atoms with Crippen molar-refractivity contribution < 1.29 is 14.7 Å². The molecule has 0 aliphatic rings.